The minimum absolute atomic E-state index is 0.283. The van der Waals surface area contributed by atoms with E-state index < -0.39 is 5.91 Å². The first-order valence-corrected chi connectivity index (χ1v) is 6.96. The molecule has 0 aliphatic heterocycles. The number of aromatic nitrogens is 1. The van der Waals surface area contributed by atoms with Gasteiger partial charge >= 0.3 is 0 Å². The van der Waals surface area contributed by atoms with E-state index in [1.165, 1.54) is 17.9 Å². The number of ether oxygens (including phenoxy) is 1. The zero-order valence-electron chi connectivity index (χ0n) is 12.4. The molecule has 1 heterocycles. The van der Waals surface area contributed by atoms with Crippen LogP contribution >= 0.6 is 0 Å². The normalized spacial score (nSPS) is 10.5. The van der Waals surface area contributed by atoms with Gasteiger partial charge in [-0.15, -0.1) is 0 Å². The Morgan fingerprint density at radius 3 is 2.48 bits per heavy atom. The number of rotatable bonds is 3. The number of hydrogen-bond acceptors (Lipinski definition) is 4. The van der Waals surface area contributed by atoms with E-state index in [0.29, 0.717) is 27.8 Å². The van der Waals surface area contributed by atoms with E-state index in [9.17, 15) is 9.59 Å². The lowest BCUT2D eigenvalue weighted by atomic mass is 10.1. The number of hydrazine groups is 1. The van der Waals surface area contributed by atoms with Gasteiger partial charge in [-0.25, -0.2) is 5.84 Å². The summed E-state index contributed by atoms with van der Waals surface area (Å²) in [5.41, 5.74) is 3.48. The minimum Gasteiger partial charge on any atom is -0.496 e. The second-order valence-electron chi connectivity index (χ2n) is 4.91. The van der Waals surface area contributed by atoms with E-state index in [0.717, 1.165) is 0 Å². The summed E-state index contributed by atoms with van der Waals surface area (Å²) in [6.45, 7) is 0. The van der Waals surface area contributed by atoms with Gasteiger partial charge < -0.3 is 4.74 Å². The van der Waals surface area contributed by atoms with Crippen LogP contribution in [0.4, 0.5) is 0 Å². The average Bonchev–Trinajstić information content (AvgIpc) is 3.00. The molecule has 0 radical (unpaired) electrons. The maximum absolute atomic E-state index is 12.9. The number of hydrogen-bond donors (Lipinski definition) is 2. The average molecular weight is 309 g/mol. The van der Waals surface area contributed by atoms with Crippen LogP contribution in [0.15, 0.2) is 54.7 Å². The molecule has 0 aliphatic rings. The molecule has 3 rings (SSSR count). The summed E-state index contributed by atoms with van der Waals surface area (Å²) in [5.74, 6) is 4.96. The zero-order chi connectivity index (χ0) is 16.4. The topological polar surface area (TPSA) is 86.3 Å². The van der Waals surface area contributed by atoms with Crippen molar-refractivity contribution < 1.29 is 14.3 Å². The number of nitrogen functional groups attached to an aromatic ring is 1. The van der Waals surface area contributed by atoms with Crippen molar-refractivity contribution in [1.29, 1.82) is 0 Å². The molecule has 116 valence electrons. The van der Waals surface area contributed by atoms with E-state index in [1.54, 1.807) is 48.5 Å². The highest BCUT2D eigenvalue weighted by atomic mass is 16.5. The fourth-order valence-corrected chi connectivity index (χ4v) is 2.56. The largest absolute Gasteiger partial charge is 0.496 e. The molecule has 0 aliphatic carbocycles. The Labute approximate surface area is 132 Å². The van der Waals surface area contributed by atoms with Gasteiger partial charge in [0.1, 0.15) is 5.75 Å². The number of carbonyl (C=O) groups is 2. The predicted octanol–water partition coefficient (Wildman–Crippen LogP) is 1.94. The highest BCUT2D eigenvalue weighted by Gasteiger charge is 2.20. The monoisotopic (exact) mass is 309 g/mol. The summed E-state index contributed by atoms with van der Waals surface area (Å²) in [7, 11) is 1.51. The van der Waals surface area contributed by atoms with Gasteiger partial charge in [0.2, 0.25) is 0 Å². The Kier molecular flexibility index (Phi) is 3.82. The Balaban J connectivity index is 2.20. The summed E-state index contributed by atoms with van der Waals surface area (Å²) < 4.78 is 6.67. The van der Waals surface area contributed by atoms with Crippen LogP contribution in [0.2, 0.25) is 0 Å². The first-order chi connectivity index (χ1) is 11.2. The third-order valence-electron chi connectivity index (χ3n) is 3.64. The number of nitrogens with zero attached hydrogens (tertiary/aromatic N) is 1. The molecule has 0 unspecified atom stereocenters. The highest BCUT2D eigenvalue weighted by Crippen LogP contribution is 2.25. The molecule has 6 nitrogen and oxygen atoms in total. The molecule has 0 fully saturated rings. The van der Waals surface area contributed by atoms with Gasteiger partial charge in [-0.05, 0) is 18.2 Å². The van der Waals surface area contributed by atoms with E-state index >= 15 is 0 Å². The van der Waals surface area contributed by atoms with Gasteiger partial charge in [0.15, 0.2) is 0 Å². The molecule has 23 heavy (non-hydrogen) atoms. The van der Waals surface area contributed by atoms with Crippen LogP contribution in [0.5, 0.6) is 5.75 Å². The SMILES string of the molecule is COc1ccccc1C(=O)n1cc(C(=O)NN)c2ccccc21. The van der Waals surface area contributed by atoms with Gasteiger partial charge in [0.05, 0.1) is 23.8 Å². The van der Waals surface area contributed by atoms with Crippen molar-refractivity contribution >= 4 is 22.7 Å². The second-order valence-corrected chi connectivity index (χ2v) is 4.91. The van der Waals surface area contributed by atoms with Crippen LogP contribution in [0, 0.1) is 0 Å². The van der Waals surface area contributed by atoms with Crippen LogP contribution in [0.1, 0.15) is 20.7 Å². The van der Waals surface area contributed by atoms with E-state index in [2.05, 4.69) is 5.43 Å². The fourth-order valence-electron chi connectivity index (χ4n) is 2.56. The van der Waals surface area contributed by atoms with E-state index in [-0.39, 0.29) is 5.91 Å². The van der Waals surface area contributed by atoms with Crippen molar-refractivity contribution in [3.63, 3.8) is 0 Å². The number of amides is 1. The molecule has 0 bridgehead atoms. The maximum atomic E-state index is 12.9. The van der Waals surface area contributed by atoms with Crippen molar-refractivity contribution in [3.05, 3.63) is 65.9 Å². The standard InChI is InChI=1S/C17H15N3O3/c1-23-15-9-5-3-7-12(15)17(22)20-10-13(16(21)19-18)11-6-2-4-8-14(11)20/h2-10H,18H2,1H3,(H,19,21). The smallest absolute Gasteiger partial charge is 0.267 e. The molecule has 1 aromatic heterocycles. The summed E-state index contributed by atoms with van der Waals surface area (Å²) in [4.78, 5) is 24.8. The van der Waals surface area contributed by atoms with Crippen LogP contribution < -0.4 is 16.0 Å². The number of methoxy groups -OCH3 is 1. The van der Waals surface area contributed by atoms with Crippen molar-refractivity contribution in [1.82, 2.24) is 9.99 Å². The van der Waals surface area contributed by atoms with Crippen LogP contribution in [0.3, 0.4) is 0 Å². The quantitative estimate of drug-likeness (QED) is 0.440. The van der Waals surface area contributed by atoms with Gasteiger partial charge in [-0.2, -0.15) is 0 Å². The molecular weight excluding hydrogens is 294 g/mol. The Bertz CT molecular complexity index is 899. The van der Waals surface area contributed by atoms with Crippen LogP contribution in [0.25, 0.3) is 10.9 Å². The number of para-hydroxylation sites is 2. The second kappa shape index (κ2) is 5.94. The van der Waals surface area contributed by atoms with Crippen molar-refractivity contribution in [2.24, 2.45) is 5.84 Å². The van der Waals surface area contributed by atoms with Gasteiger partial charge in [-0.1, -0.05) is 30.3 Å². The number of benzene rings is 2. The maximum Gasteiger partial charge on any atom is 0.267 e. The van der Waals surface area contributed by atoms with Crippen molar-refractivity contribution in [3.8, 4) is 5.75 Å². The van der Waals surface area contributed by atoms with E-state index in [4.69, 9.17) is 10.6 Å². The number of nitrogens with two attached hydrogens (primary N) is 1. The van der Waals surface area contributed by atoms with Crippen molar-refractivity contribution in [2.45, 2.75) is 0 Å². The Hall–Kier alpha value is -3.12. The third kappa shape index (κ3) is 2.45. The first-order valence-electron chi connectivity index (χ1n) is 6.96. The predicted molar refractivity (Wildman–Crippen MR) is 86.3 cm³/mol. The summed E-state index contributed by atoms with van der Waals surface area (Å²) in [6.07, 6.45) is 1.49. The number of fused-ring (bicyclic) bond motifs is 1. The molecule has 3 aromatic rings. The molecule has 3 N–H and O–H groups in total. The molecule has 0 saturated heterocycles. The number of nitrogens with one attached hydrogen (secondary N) is 1. The molecular formula is C17H15N3O3. The minimum atomic E-state index is -0.451. The van der Waals surface area contributed by atoms with E-state index in [1.807, 2.05) is 0 Å². The first kappa shape index (κ1) is 14.8. The lowest BCUT2D eigenvalue weighted by Crippen LogP contribution is -2.29. The highest BCUT2D eigenvalue weighted by molar-refractivity contribution is 6.11. The molecule has 0 spiro atoms. The number of carbonyl (C=O) groups excluding carboxylic acids is 2. The zero-order valence-corrected chi connectivity index (χ0v) is 12.4. The summed E-state index contributed by atoms with van der Waals surface area (Å²) in [6, 6.07) is 14.1. The molecule has 1 amide bonds. The lowest BCUT2D eigenvalue weighted by Gasteiger charge is -2.08. The molecule has 2 aromatic carbocycles. The van der Waals surface area contributed by atoms with Gasteiger partial charge in [0.25, 0.3) is 11.8 Å². The molecule has 0 saturated carbocycles. The third-order valence-corrected chi connectivity index (χ3v) is 3.64. The van der Waals surface area contributed by atoms with Gasteiger partial charge in [0, 0.05) is 11.6 Å². The lowest BCUT2D eigenvalue weighted by molar-refractivity contribution is 0.0955. The molecule has 6 heteroatoms. The van der Waals surface area contributed by atoms with Gasteiger partial charge in [-0.3, -0.25) is 19.6 Å². The van der Waals surface area contributed by atoms with Crippen molar-refractivity contribution in [2.75, 3.05) is 7.11 Å². The molecule has 0 atom stereocenters. The summed E-state index contributed by atoms with van der Waals surface area (Å²) in [5, 5.41) is 0.652. The Morgan fingerprint density at radius 2 is 1.74 bits per heavy atom. The summed E-state index contributed by atoms with van der Waals surface area (Å²) >= 11 is 0. The Morgan fingerprint density at radius 1 is 1.04 bits per heavy atom. The van der Waals surface area contributed by atoms with Crippen LogP contribution in [-0.4, -0.2) is 23.5 Å². The van der Waals surface area contributed by atoms with Crippen LogP contribution in [-0.2, 0) is 0 Å². The fraction of sp³-hybridized carbons (Fsp3) is 0.0588.